The highest BCUT2D eigenvalue weighted by Gasteiger charge is 2.32. The van der Waals surface area contributed by atoms with Gasteiger partial charge in [0.1, 0.15) is 11.5 Å². The lowest BCUT2D eigenvalue weighted by atomic mass is 10.1. The summed E-state index contributed by atoms with van der Waals surface area (Å²) in [4.78, 5) is 16.3. The minimum Gasteiger partial charge on any atom is -0.497 e. The van der Waals surface area contributed by atoms with E-state index < -0.39 is 5.91 Å². The predicted octanol–water partition coefficient (Wildman–Crippen LogP) is 3.80. The molecule has 0 bridgehead atoms. The second-order valence-corrected chi connectivity index (χ2v) is 7.71. The SMILES string of the molecule is COc1cccc(OCCCOc2ccc(/C=C3\C(=N)N4N=CSC4=NC3=O)cc2OC)c1. The highest BCUT2D eigenvalue weighted by Crippen LogP contribution is 2.30. The third kappa shape index (κ3) is 5.17. The van der Waals surface area contributed by atoms with Crippen molar-refractivity contribution in [2.45, 2.75) is 6.42 Å². The Labute approximate surface area is 195 Å². The van der Waals surface area contributed by atoms with Crippen molar-refractivity contribution in [3.63, 3.8) is 0 Å². The molecule has 2 aliphatic rings. The van der Waals surface area contributed by atoms with Crippen molar-refractivity contribution >= 4 is 40.3 Å². The van der Waals surface area contributed by atoms with Crippen LogP contribution in [0.2, 0.25) is 0 Å². The number of rotatable bonds is 9. The zero-order valence-electron chi connectivity index (χ0n) is 18.1. The number of thioether (sulfide) groups is 1. The van der Waals surface area contributed by atoms with Crippen molar-refractivity contribution in [3.8, 4) is 23.0 Å². The van der Waals surface area contributed by atoms with Crippen LogP contribution in [0.4, 0.5) is 0 Å². The van der Waals surface area contributed by atoms with Crippen LogP contribution in [-0.4, -0.2) is 54.9 Å². The number of hydrogen-bond donors (Lipinski definition) is 1. The van der Waals surface area contributed by atoms with Gasteiger partial charge in [0.25, 0.3) is 5.91 Å². The largest absolute Gasteiger partial charge is 0.497 e. The van der Waals surface area contributed by atoms with Gasteiger partial charge in [-0.05, 0) is 47.7 Å². The van der Waals surface area contributed by atoms with Crippen LogP contribution >= 0.6 is 11.8 Å². The molecule has 2 aromatic carbocycles. The van der Waals surface area contributed by atoms with Gasteiger partial charge in [0.15, 0.2) is 22.5 Å². The van der Waals surface area contributed by atoms with E-state index in [9.17, 15) is 4.79 Å². The van der Waals surface area contributed by atoms with Crippen molar-refractivity contribution < 1.29 is 23.7 Å². The summed E-state index contributed by atoms with van der Waals surface area (Å²) >= 11 is 1.21. The first-order chi connectivity index (χ1) is 16.1. The van der Waals surface area contributed by atoms with Gasteiger partial charge in [-0.15, -0.1) is 0 Å². The Morgan fingerprint density at radius 3 is 2.67 bits per heavy atom. The molecule has 0 spiro atoms. The summed E-state index contributed by atoms with van der Waals surface area (Å²) in [7, 11) is 3.16. The molecule has 0 saturated carbocycles. The zero-order chi connectivity index (χ0) is 23.2. The van der Waals surface area contributed by atoms with E-state index >= 15 is 0 Å². The molecular formula is C23H22N4O5S. The van der Waals surface area contributed by atoms with E-state index in [2.05, 4.69) is 10.1 Å². The topological polar surface area (TPSA) is 106 Å². The first-order valence-electron chi connectivity index (χ1n) is 10.1. The van der Waals surface area contributed by atoms with Crippen LogP contribution in [0, 0.1) is 5.41 Å². The number of nitrogens with zero attached hydrogens (tertiary/aromatic N) is 3. The van der Waals surface area contributed by atoms with Gasteiger partial charge in [0, 0.05) is 12.5 Å². The lowest BCUT2D eigenvalue weighted by molar-refractivity contribution is -0.114. The first kappa shape index (κ1) is 22.4. The van der Waals surface area contributed by atoms with Crippen molar-refractivity contribution in [1.29, 1.82) is 5.41 Å². The number of nitrogens with one attached hydrogen (secondary N) is 1. The molecule has 1 N–H and O–H groups in total. The first-order valence-corrected chi connectivity index (χ1v) is 11.0. The van der Waals surface area contributed by atoms with Gasteiger partial charge in [-0.1, -0.05) is 12.1 Å². The molecule has 0 fully saturated rings. The molecular weight excluding hydrogens is 444 g/mol. The summed E-state index contributed by atoms with van der Waals surface area (Å²) in [6, 6.07) is 12.7. The van der Waals surface area contributed by atoms with E-state index in [0.29, 0.717) is 41.9 Å². The number of aliphatic imine (C=N–C) groups is 1. The molecule has 9 nitrogen and oxygen atoms in total. The van der Waals surface area contributed by atoms with Crippen LogP contribution in [0.25, 0.3) is 6.08 Å². The van der Waals surface area contributed by atoms with Crippen molar-refractivity contribution in [3.05, 3.63) is 53.6 Å². The van der Waals surface area contributed by atoms with Crippen LogP contribution in [0.5, 0.6) is 23.0 Å². The van der Waals surface area contributed by atoms with Gasteiger partial charge in [-0.2, -0.15) is 15.1 Å². The van der Waals surface area contributed by atoms with Gasteiger partial charge >= 0.3 is 0 Å². The highest BCUT2D eigenvalue weighted by molar-refractivity contribution is 8.25. The van der Waals surface area contributed by atoms with E-state index in [1.54, 1.807) is 44.0 Å². The number of benzene rings is 2. The summed E-state index contributed by atoms with van der Waals surface area (Å²) in [5, 5.41) is 14.0. The average Bonchev–Trinajstić information content (AvgIpc) is 3.30. The van der Waals surface area contributed by atoms with E-state index in [1.807, 2.05) is 24.3 Å². The van der Waals surface area contributed by atoms with E-state index in [-0.39, 0.29) is 11.4 Å². The number of hydrazone groups is 1. The number of ether oxygens (including phenoxy) is 4. The lowest BCUT2D eigenvalue weighted by Gasteiger charge is -2.20. The fourth-order valence-electron chi connectivity index (χ4n) is 3.12. The van der Waals surface area contributed by atoms with Crippen molar-refractivity contribution in [2.24, 2.45) is 10.1 Å². The molecule has 2 heterocycles. The van der Waals surface area contributed by atoms with Crippen LogP contribution in [0.1, 0.15) is 12.0 Å². The molecule has 2 aliphatic heterocycles. The van der Waals surface area contributed by atoms with Crippen LogP contribution < -0.4 is 18.9 Å². The number of methoxy groups -OCH3 is 2. The molecule has 0 saturated heterocycles. The Morgan fingerprint density at radius 1 is 1.03 bits per heavy atom. The molecule has 2 aromatic rings. The fourth-order valence-corrected chi connectivity index (χ4v) is 3.73. The minimum absolute atomic E-state index is 0.0124. The monoisotopic (exact) mass is 466 g/mol. The summed E-state index contributed by atoms with van der Waals surface area (Å²) in [6.07, 6.45) is 2.27. The van der Waals surface area contributed by atoms with Crippen LogP contribution in [-0.2, 0) is 4.79 Å². The maximum atomic E-state index is 12.3. The number of amides is 1. The van der Waals surface area contributed by atoms with Crippen molar-refractivity contribution in [2.75, 3.05) is 27.4 Å². The van der Waals surface area contributed by atoms with Crippen LogP contribution in [0.3, 0.4) is 0 Å². The van der Waals surface area contributed by atoms with Gasteiger partial charge in [0.05, 0.1) is 38.6 Å². The molecule has 0 aromatic heterocycles. The van der Waals surface area contributed by atoms with Gasteiger partial charge < -0.3 is 18.9 Å². The quantitative estimate of drug-likeness (QED) is 0.443. The average molecular weight is 467 g/mol. The molecule has 4 rings (SSSR count). The Balaban J connectivity index is 1.36. The standard InChI is InChI=1S/C23H22N4O5S/c1-29-16-5-3-6-17(13-16)31-9-4-10-32-19-8-7-15(12-20(19)30-2)11-18-21(24)27-23(26-22(18)28)33-14-25-27/h3,5-8,11-14,24H,4,9-10H2,1-2H3/b18-11+,24-21?. The van der Waals surface area contributed by atoms with Gasteiger partial charge in [0.2, 0.25) is 0 Å². The smallest absolute Gasteiger partial charge is 0.283 e. The maximum Gasteiger partial charge on any atom is 0.283 e. The molecule has 33 heavy (non-hydrogen) atoms. The fraction of sp³-hybridized carbons (Fsp3) is 0.217. The van der Waals surface area contributed by atoms with E-state index in [1.165, 1.54) is 16.8 Å². The molecule has 0 radical (unpaired) electrons. The number of amidine groups is 2. The lowest BCUT2D eigenvalue weighted by Crippen LogP contribution is -2.35. The molecule has 0 unspecified atom stereocenters. The third-order valence-corrected chi connectivity index (χ3v) is 5.43. The number of carbonyl (C=O) groups is 1. The van der Waals surface area contributed by atoms with E-state index in [4.69, 9.17) is 24.4 Å². The second kappa shape index (κ2) is 10.2. The minimum atomic E-state index is -0.473. The molecule has 1 amide bonds. The number of fused-ring (bicyclic) bond motifs is 1. The molecule has 0 aliphatic carbocycles. The Morgan fingerprint density at radius 2 is 1.85 bits per heavy atom. The summed E-state index contributed by atoms with van der Waals surface area (Å²) < 4.78 is 22.2. The Kier molecular flexibility index (Phi) is 6.94. The second-order valence-electron chi connectivity index (χ2n) is 6.90. The predicted molar refractivity (Wildman–Crippen MR) is 128 cm³/mol. The Bertz CT molecular complexity index is 1160. The normalized spacial score (nSPS) is 16.0. The third-order valence-electron chi connectivity index (χ3n) is 4.75. The van der Waals surface area contributed by atoms with Crippen molar-refractivity contribution in [1.82, 2.24) is 5.01 Å². The summed E-state index contributed by atoms with van der Waals surface area (Å²) in [5.41, 5.74) is 2.38. The summed E-state index contributed by atoms with van der Waals surface area (Å²) in [6.45, 7) is 0.926. The van der Waals surface area contributed by atoms with Gasteiger partial charge in [-0.25, -0.2) is 0 Å². The van der Waals surface area contributed by atoms with Crippen LogP contribution in [0.15, 0.2) is 58.1 Å². The molecule has 10 heteroatoms. The molecule has 0 atom stereocenters. The van der Waals surface area contributed by atoms with E-state index in [0.717, 1.165) is 11.5 Å². The molecule has 170 valence electrons. The number of hydrogen-bond acceptors (Lipinski definition) is 8. The maximum absolute atomic E-state index is 12.3. The highest BCUT2D eigenvalue weighted by atomic mass is 32.2. The Hall–Kier alpha value is -3.79. The number of carbonyl (C=O) groups excluding carboxylic acids is 1. The van der Waals surface area contributed by atoms with Gasteiger partial charge in [-0.3, -0.25) is 10.2 Å². The summed E-state index contributed by atoms with van der Waals surface area (Å²) in [5.74, 6) is 2.09. The zero-order valence-corrected chi connectivity index (χ0v) is 18.9.